The highest BCUT2D eigenvalue weighted by Gasteiger charge is 2.33. The summed E-state index contributed by atoms with van der Waals surface area (Å²) in [6.07, 6.45) is -1.07. The monoisotopic (exact) mass is 297 g/mol. The van der Waals surface area contributed by atoms with E-state index in [-0.39, 0.29) is 12.5 Å². The number of carbonyl (C=O) groups excluding carboxylic acids is 1. The van der Waals surface area contributed by atoms with Gasteiger partial charge in [-0.25, -0.2) is 4.79 Å². The number of carboxylic acids is 1. The average molecular weight is 297 g/mol. The van der Waals surface area contributed by atoms with Gasteiger partial charge < -0.3 is 14.7 Å². The number of carboxylic acid groups (broad SMARTS) is 1. The van der Waals surface area contributed by atoms with Gasteiger partial charge in [-0.3, -0.25) is 4.79 Å². The zero-order chi connectivity index (χ0) is 15.7. The Morgan fingerprint density at radius 1 is 1.14 bits per heavy atom. The van der Waals surface area contributed by atoms with Crippen molar-refractivity contribution in [1.82, 2.24) is 0 Å². The van der Waals surface area contributed by atoms with Gasteiger partial charge in [-0.15, -0.1) is 0 Å². The lowest BCUT2D eigenvalue weighted by Crippen LogP contribution is -2.47. The molecule has 112 valence electrons. The number of hydrogen-bond donors (Lipinski definition) is 1. The molecule has 1 aliphatic heterocycles. The lowest BCUT2D eigenvalue weighted by molar-refractivity contribution is -0.144. The summed E-state index contributed by atoms with van der Waals surface area (Å²) in [5.41, 5.74) is 2.17. The normalized spacial score (nSPS) is 16.6. The Labute approximate surface area is 127 Å². The van der Waals surface area contributed by atoms with Crippen molar-refractivity contribution in [1.29, 1.82) is 0 Å². The van der Waals surface area contributed by atoms with E-state index in [0.29, 0.717) is 17.0 Å². The minimum absolute atomic E-state index is 0.0148. The van der Waals surface area contributed by atoms with E-state index in [2.05, 4.69) is 0 Å². The van der Waals surface area contributed by atoms with Crippen LogP contribution in [-0.4, -0.2) is 29.6 Å². The number of hydrogen-bond acceptors (Lipinski definition) is 3. The Balaban J connectivity index is 1.99. The molecule has 0 radical (unpaired) electrons. The van der Waals surface area contributed by atoms with Crippen LogP contribution in [0.5, 0.6) is 5.75 Å². The smallest absolute Gasteiger partial charge is 0.346 e. The molecular weight excluding hydrogens is 282 g/mol. The Morgan fingerprint density at radius 2 is 1.82 bits per heavy atom. The molecule has 1 unspecified atom stereocenters. The molecule has 2 aromatic carbocycles. The summed E-state index contributed by atoms with van der Waals surface area (Å²) >= 11 is 0. The van der Waals surface area contributed by atoms with E-state index in [1.165, 1.54) is 4.90 Å². The van der Waals surface area contributed by atoms with Gasteiger partial charge in [0.15, 0.2) is 0 Å². The van der Waals surface area contributed by atoms with Crippen LogP contribution in [0.4, 0.5) is 5.69 Å². The molecule has 1 atom stereocenters. The number of rotatable bonds is 2. The van der Waals surface area contributed by atoms with Gasteiger partial charge in [0.05, 0.1) is 12.2 Å². The highest BCUT2D eigenvalue weighted by Crippen LogP contribution is 2.34. The number of ether oxygens (including phenoxy) is 1. The fourth-order valence-corrected chi connectivity index (χ4v) is 2.41. The van der Waals surface area contributed by atoms with Crippen molar-refractivity contribution >= 4 is 17.6 Å². The molecule has 5 heteroatoms. The number of amides is 1. The van der Waals surface area contributed by atoms with Crippen LogP contribution in [0.1, 0.15) is 15.9 Å². The fourth-order valence-electron chi connectivity index (χ4n) is 2.41. The third-order valence-corrected chi connectivity index (χ3v) is 3.59. The van der Waals surface area contributed by atoms with E-state index in [0.717, 1.165) is 5.56 Å². The number of aryl methyl sites for hydroxylation is 1. The minimum atomic E-state index is -1.09. The van der Waals surface area contributed by atoms with Gasteiger partial charge in [-0.2, -0.15) is 0 Å². The molecule has 5 nitrogen and oxygen atoms in total. The molecule has 0 saturated carbocycles. The molecule has 1 N–H and O–H groups in total. The van der Waals surface area contributed by atoms with Crippen LogP contribution in [0.15, 0.2) is 48.5 Å². The lowest BCUT2D eigenvalue weighted by atomic mass is 10.1. The van der Waals surface area contributed by atoms with E-state index >= 15 is 0 Å². The Bertz CT molecular complexity index is 724. The predicted molar refractivity (Wildman–Crippen MR) is 81.3 cm³/mol. The number of fused-ring (bicyclic) bond motifs is 1. The van der Waals surface area contributed by atoms with E-state index in [1.54, 1.807) is 36.4 Å². The second kappa shape index (κ2) is 5.52. The number of nitrogens with zero attached hydrogens (tertiary/aromatic N) is 1. The summed E-state index contributed by atoms with van der Waals surface area (Å²) in [5, 5.41) is 9.21. The molecule has 1 aliphatic rings. The van der Waals surface area contributed by atoms with E-state index in [4.69, 9.17) is 4.74 Å². The Hall–Kier alpha value is -2.82. The second-order valence-corrected chi connectivity index (χ2v) is 5.19. The molecule has 0 saturated heterocycles. The van der Waals surface area contributed by atoms with Crippen LogP contribution in [0.2, 0.25) is 0 Å². The minimum Gasteiger partial charge on any atom is -0.478 e. The maximum atomic E-state index is 12.7. The van der Waals surface area contributed by atoms with Crippen molar-refractivity contribution in [3.8, 4) is 5.75 Å². The molecule has 22 heavy (non-hydrogen) atoms. The Morgan fingerprint density at radius 3 is 2.50 bits per heavy atom. The maximum absolute atomic E-state index is 12.7. The van der Waals surface area contributed by atoms with Gasteiger partial charge in [-0.05, 0) is 31.2 Å². The van der Waals surface area contributed by atoms with Crippen LogP contribution in [-0.2, 0) is 4.79 Å². The zero-order valence-corrected chi connectivity index (χ0v) is 12.0. The number of benzene rings is 2. The van der Waals surface area contributed by atoms with Gasteiger partial charge in [0.1, 0.15) is 5.75 Å². The topological polar surface area (TPSA) is 66.8 Å². The van der Waals surface area contributed by atoms with Crippen molar-refractivity contribution < 1.29 is 19.4 Å². The van der Waals surface area contributed by atoms with Crippen molar-refractivity contribution in [3.05, 3.63) is 59.7 Å². The molecule has 0 bridgehead atoms. The zero-order valence-electron chi connectivity index (χ0n) is 12.0. The summed E-state index contributed by atoms with van der Waals surface area (Å²) in [4.78, 5) is 25.4. The standard InChI is InChI=1S/C17H15NO4/c1-11-6-8-12(9-7-11)16(19)18-10-15(17(20)21)22-14-5-3-2-4-13(14)18/h2-9,15H,10H2,1H3,(H,20,21). The van der Waals surface area contributed by atoms with Crippen LogP contribution in [0.3, 0.4) is 0 Å². The molecule has 0 fully saturated rings. The van der Waals surface area contributed by atoms with Crippen molar-refractivity contribution in [2.75, 3.05) is 11.4 Å². The van der Waals surface area contributed by atoms with Gasteiger partial charge in [-0.1, -0.05) is 29.8 Å². The largest absolute Gasteiger partial charge is 0.478 e. The molecule has 3 rings (SSSR count). The van der Waals surface area contributed by atoms with E-state index in [1.807, 2.05) is 19.1 Å². The first-order chi connectivity index (χ1) is 10.6. The highest BCUT2D eigenvalue weighted by atomic mass is 16.5. The first-order valence-corrected chi connectivity index (χ1v) is 6.93. The quantitative estimate of drug-likeness (QED) is 0.924. The van der Waals surface area contributed by atoms with Crippen LogP contribution < -0.4 is 9.64 Å². The summed E-state index contributed by atoms with van der Waals surface area (Å²) in [6, 6.07) is 14.1. The molecular formula is C17H15NO4. The van der Waals surface area contributed by atoms with Crippen molar-refractivity contribution in [2.45, 2.75) is 13.0 Å². The molecule has 0 aromatic heterocycles. The van der Waals surface area contributed by atoms with Gasteiger partial charge in [0.25, 0.3) is 5.91 Å². The third-order valence-electron chi connectivity index (χ3n) is 3.59. The summed E-state index contributed by atoms with van der Waals surface area (Å²) in [6.45, 7) is 1.93. The van der Waals surface area contributed by atoms with Gasteiger partial charge in [0.2, 0.25) is 6.10 Å². The maximum Gasteiger partial charge on any atom is 0.346 e. The lowest BCUT2D eigenvalue weighted by Gasteiger charge is -2.33. The van der Waals surface area contributed by atoms with Crippen molar-refractivity contribution in [3.63, 3.8) is 0 Å². The SMILES string of the molecule is Cc1ccc(C(=O)N2CC(C(=O)O)Oc3ccccc32)cc1. The summed E-state index contributed by atoms with van der Waals surface area (Å²) in [5.74, 6) is -0.917. The third kappa shape index (κ3) is 2.53. The van der Waals surface area contributed by atoms with E-state index < -0.39 is 12.1 Å². The fraction of sp³-hybridized carbons (Fsp3) is 0.176. The number of aliphatic carboxylic acids is 1. The highest BCUT2D eigenvalue weighted by molar-refractivity contribution is 6.07. The van der Waals surface area contributed by atoms with Crippen LogP contribution in [0.25, 0.3) is 0 Å². The average Bonchev–Trinajstić information content (AvgIpc) is 2.53. The van der Waals surface area contributed by atoms with Gasteiger partial charge in [0, 0.05) is 5.56 Å². The van der Waals surface area contributed by atoms with Crippen LogP contribution in [0, 0.1) is 6.92 Å². The first-order valence-electron chi connectivity index (χ1n) is 6.93. The molecule has 2 aromatic rings. The summed E-state index contributed by atoms with van der Waals surface area (Å²) < 4.78 is 5.44. The van der Waals surface area contributed by atoms with Gasteiger partial charge >= 0.3 is 5.97 Å². The first kappa shape index (κ1) is 14.1. The number of anilines is 1. The Kier molecular flexibility index (Phi) is 3.55. The molecule has 1 amide bonds. The van der Waals surface area contributed by atoms with E-state index in [9.17, 15) is 14.7 Å². The number of para-hydroxylation sites is 2. The second-order valence-electron chi connectivity index (χ2n) is 5.19. The molecule has 0 aliphatic carbocycles. The summed E-state index contributed by atoms with van der Waals surface area (Å²) in [7, 11) is 0. The molecule has 0 spiro atoms. The van der Waals surface area contributed by atoms with Crippen molar-refractivity contribution in [2.24, 2.45) is 0 Å². The van der Waals surface area contributed by atoms with Crippen LogP contribution >= 0.6 is 0 Å². The number of carbonyl (C=O) groups is 2. The molecule has 1 heterocycles. The predicted octanol–water partition coefficient (Wildman–Crippen LogP) is 2.49.